The molecule has 1 aromatic carbocycles. The summed E-state index contributed by atoms with van der Waals surface area (Å²) in [5.41, 5.74) is 7.10. The minimum absolute atomic E-state index is 0.0676. The standard InChI is InChI=1S/C13H21FN2O/c1-2-3-4-16(5-6-17)13-8-11(10-15)7-12(14)9-13/h7-9,17H,2-6,10,15H2,1H3. The molecule has 0 saturated carbocycles. The summed E-state index contributed by atoms with van der Waals surface area (Å²) >= 11 is 0. The summed E-state index contributed by atoms with van der Waals surface area (Å²) in [5.74, 6) is -0.276. The summed E-state index contributed by atoms with van der Waals surface area (Å²) in [6.07, 6.45) is 2.09. The molecule has 4 heteroatoms. The van der Waals surface area contributed by atoms with Gasteiger partial charge in [-0.1, -0.05) is 13.3 Å². The first-order valence-electron chi connectivity index (χ1n) is 6.06. The Morgan fingerprint density at radius 2 is 2.06 bits per heavy atom. The van der Waals surface area contributed by atoms with Crippen LogP contribution in [0.1, 0.15) is 25.3 Å². The first-order valence-corrected chi connectivity index (χ1v) is 6.06. The zero-order valence-electron chi connectivity index (χ0n) is 10.3. The lowest BCUT2D eigenvalue weighted by atomic mass is 10.1. The van der Waals surface area contributed by atoms with Crippen LogP contribution >= 0.6 is 0 Å². The molecule has 96 valence electrons. The van der Waals surface area contributed by atoms with Crippen LogP contribution in [0.4, 0.5) is 10.1 Å². The Hall–Kier alpha value is -1.13. The van der Waals surface area contributed by atoms with Gasteiger partial charge in [0.2, 0.25) is 0 Å². The number of benzene rings is 1. The molecule has 0 aliphatic carbocycles. The highest BCUT2D eigenvalue weighted by atomic mass is 19.1. The van der Waals surface area contributed by atoms with Crippen LogP contribution in [0.15, 0.2) is 18.2 Å². The van der Waals surface area contributed by atoms with E-state index < -0.39 is 0 Å². The predicted molar refractivity (Wildman–Crippen MR) is 68.5 cm³/mol. The average Bonchev–Trinajstić information content (AvgIpc) is 2.33. The maximum Gasteiger partial charge on any atom is 0.125 e. The Labute approximate surface area is 102 Å². The van der Waals surface area contributed by atoms with Crippen molar-refractivity contribution in [3.05, 3.63) is 29.6 Å². The van der Waals surface area contributed by atoms with Gasteiger partial charge in [0.15, 0.2) is 0 Å². The monoisotopic (exact) mass is 240 g/mol. The third kappa shape index (κ3) is 4.32. The van der Waals surface area contributed by atoms with Crippen LogP contribution in [-0.4, -0.2) is 24.8 Å². The number of unbranched alkanes of at least 4 members (excludes halogenated alkanes) is 1. The van der Waals surface area contributed by atoms with E-state index in [4.69, 9.17) is 10.8 Å². The Kier molecular flexibility index (Phi) is 5.94. The minimum Gasteiger partial charge on any atom is -0.395 e. The van der Waals surface area contributed by atoms with Gasteiger partial charge in [0.25, 0.3) is 0 Å². The molecule has 1 aromatic rings. The molecule has 0 aromatic heterocycles. The average molecular weight is 240 g/mol. The van der Waals surface area contributed by atoms with Gasteiger partial charge in [-0.25, -0.2) is 4.39 Å². The van der Waals surface area contributed by atoms with Crippen molar-refractivity contribution in [1.29, 1.82) is 0 Å². The van der Waals surface area contributed by atoms with Crippen LogP contribution in [0, 0.1) is 5.82 Å². The topological polar surface area (TPSA) is 49.5 Å². The summed E-state index contributed by atoms with van der Waals surface area (Å²) in [6.45, 7) is 3.84. The summed E-state index contributed by atoms with van der Waals surface area (Å²) in [5, 5.41) is 9.03. The van der Waals surface area contributed by atoms with E-state index in [9.17, 15) is 4.39 Å². The molecular formula is C13H21FN2O. The maximum absolute atomic E-state index is 13.4. The second-order valence-corrected chi connectivity index (χ2v) is 4.09. The van der Waals surface area contributed by atoms with E-state index in [-0.39, 0.29) is 12.4 Å². The molecule has 1 rings (SSSR count). The first kappa shape index (κ1) is 13.9. The van der Waals surface area contributed by atoms with Crippen molar-refractivity contribution in [2.75, 3.05) is 24.6 Å². The van der Waals surface area contributed by atoms with E-state index in [0.29, 0.717) is 13.1 Å². The predicted octanol–water partition coefficient (Wildman–Crippen LogP) is 1.88. The Balaban J connectivity index is 2.87. The fourth-order valence-corrected chi connectivity index (χ4v) is 1.77. The smallest absolute Gasteiger partial charge is 0.125 e. The Bertz CT molecular complexity index is 344. The second-order valence-electron chi connectivity index (χ2n) is 4.09. The van der Waals surface area contributed by atoms with Gasteiger partial charge in [0, 0.05) is 25.3 Å². The highest BCUT2D eigenvalue weighted by Crippen LogP contribution is 2.19. The van der Waals surface area contributed by atoms with Crippen molar-refractivity contribution < 1.29 is 9.50 Å². The van der Waals surface area contributed by atoms with Crippen LogP contribution in [-0.2, 0) is 6.54 Å². The molecule has 0 atom stereocenters. The summed E-state index contributed by atoms with van der Waals surface area (Å²) in [4.78, 5) is 1.99. The maximum atomic E-state index is 13.4. The van der Waals surface area contributed by atoms with Crippen molar-refractivity contribution in [2.45, 2.75) is 26.3 Å². The third-order valence-corrected chi connectivity index (χ3v) is 2.69. The molecule has 0 radical (unpaired) electrons. The van der Waals surface area contributed by atoms with E-state index in [1.165, 1.54) is 12.1 Å². The summed E-state index contributed by atoms with van der Waals surface area (Å²) in [7, 11) is 0. The quantitative estimate of drug-likeness (QED) is 0.765. The second kappa shape index (κ2) is 7.25. The highest BCUT2D eigenvalue weighted by Gasteiger charge is 2.08. The molecule has 0 spiro atoms. The SMILES string of the molecule is CCCCN(CCO)c1cc(F)cc(CN)c1. The van der Waals surface area contributed by atoms with E-state index >= 15 is 0 Å². The Morgan fingerprint density at radius 3 is 2.65 bits per heavy atom. The van der Waals surface area contributed by atoms with Crippen LogP contribution in [0.25, 0.3) is 0 Å². The molecule has 17 heavy (non-hydrogen) atoms. The number of aliphatic hydroxyl groups is 1. The lowest BCUT2D eigenvalue weighted by Crippen LogP contribution is -2.28. The molecule has 0 aliphatic rings. The van der Waals surface area contributed by atoms with Gasteiger partial charge in [-0.3, -0.25) is 0 Å². The molecule has 3 nitrogen and oxygen atoms in total. The third-order valence-electron chi connectivity index (χ3n) is 2.69. The Morgan fingerprint density at radius 1 is 1.29 bits per heavy atom. The molecule has 0 aliphatic heterocycles. The number of nitrogens with two attached hydrogens (primary N) is 1. The number of halogens is 1. The van der Waals surface area contributed by atoms with E-state index in [2.05, 4.69) is 6.92 Å². The van der Waals surface area contributed by atoms with Gasteiger partial charge < -0.3 is 15.7 Å². The molecular weight excluding hydrogens is 219 g/mol. The lowest BCUT2D eigenvalue weighted by molar-refractivity contribution is 0.301. The fourth-order valence-electron chi connectivity index (χ4n) is 1.77. The van der Waals surface area contributed by atoms with Gasteiger partial charge in [0.1, 0.15) is 5.82 Å². The normalized spacial score (nSPS) is 10.6. The van der Waals surface area contributed by atoms with Crippen molar-refractivity contribution >= 4 is 5.69 Å². The number of hydrogen-bond acceptors (Lipinski definition) is 3. The number of aliphatic hydroxyl groups excluding tert-OH is 1. The largest absolute Gasteiger partial charge is 0.395 e. The molecule has 0 amide bonds. The van der Waals surface area contributed by atoms with Crippen LogP contribution in [0.5, 0.6) is 0 Å². The molecule has 3 N–H and O–H groups in total. The molecule has 0 fully saturated rings. The molecule has 0 saturated heterocycles. The lowest BCUT2D eigenvalue weighted by Gasteiger charge is -2.24. The number of nitrogens with zero attached hydrogens (tertiary/aromatic N) is 1. The van der Waals surface area contributed by atoms with Gasteiger partial charge >= 0.3 is 0 Å². The highest BCUT2D eigenvalue weighted by molar-refractivity contribution is 5.49. The number of rotatable bonds is 7. The number of hydrogen-bond donors (Lipinski definition) is 2. The first-order chi connectivity index (χ1) is 8.21. The van der Waals surface area contributed by atoms with Crippen molar-refractivity contribution in [3.63, 3.8) is 0 Å². The zero-order valence-corrected chi connectivity index (χ0v) is 10.3. The van der Waals surface area contributed by atoms with E-state index in [1.807, 2.05) is 11.0 Å². The summed E-state index contributed by atoms with van der Waals surface area (Å²) < 4.78 is 13.4. The minimum atomic E-state index is -0.276. The van der Waals surface area contributed by atoms with Crippen molar-refractivity contribution in [2.24, 2.45) is 5.73 Å². The van der Waals surface area contributed by atoms with Gasteiger partial charge in [-0.2, -0.15) is 0 Å². The van der Waals surface area contributed by atoms with Gasteiger partial charge in [0.05, 0.1) is 6.61 Å². The zero-order chi connectivity index (χ0) is 12.7. The van der Waals surface area contributed by atoms with Crippen LogP contribution in [0.3, 0.4) is 0 Å². The van der Waals surface area contributed by atoms with Gasteiger partial charge in [-0.05, 0) is 30.2 Å². The molecule has 0 heterocycles. The van der Waals surface area contributed by atoms with Gasteiger partial charge in [-0.15, -0.1) is 0 Å². The van der Waals surface area contributed by atoms with E-state index in [1.54, 1.807) is 0 Å². The van der Waals surface area contributed by atoms with E-state index in [0.717, 1.165) is 30.6 Å². The fraction of sp³-hybridized carbons (Fsp3) is 0.538. The van der Waals surface area contributed by atoms with Crippen molar-refractivity contribution in [1.82, 2.24) is 0 Å². The number of anilines is 1. The molecule has 0 unspecified atom stereocenters. The molecule has 0 bridgehead atoms. The van der Waals surface area contributed by atoms with Crippen molar-refractivity contribution in [3.8, 4) is 0 Å². The van der Waals surface area contributed by atoms with Crippen LogP contribution in [0.2, 0.25) is 0 Å². The summed E-state index contributed by atoms with van der Waals surface area (Å²) in [6, 6.07) is 4.82. The van der Waals surface area contributed by atoms with Crippen LogP contribution < -0.4 is 10.6 Å².